The topological polar surface area (TPSA) is 236 Å². The predicted molar refractivity (Wildman–Crippen MR) is 228 cm³/mol. The van der Waals surface area contributed by atoms with Crippen LogP contribution in [0.3, 0.4) is 0 Å². The van der Waals surface area contributed by atoms with Gasteiger partial charge in [0.2, 0.25) is 0 Å². The molecule has 0 aliphatic carbocycles. The Labute approximate surface area is 353 Å². The van der Waals surface area contributed by atoms with Gasteiger partial charge in [0, 0.05) is 12.8 Å². The lowest BCUT2D eigenvalue weighted by atomic mass is 10.0. The SMILES string of the molecule is CCCCCCCCCCCCCCCC(=O)O[C@H](COC(=O)CCC[C@@H](O)/C=C/C=C\C/C=C\C=C\[C@@H](O)CCCCC)COP(=O)(O)OC[C@@H](O)COP(=O)(O)O. The number of hydrogen-bond donors (Lipinski definition) is 6. The largest absolute Gasteiger partial charge is 0.472 e. The summed E-state index contributed by atoms with van der Waals surface area (Å²) in [5.74, 6) is -1.26. The molecule has 0 aromatic rings. The van der Waals surface area contributed by atoms with Crippen molar-refractivity contribution >= 4 is 27.6 Å². The smallest absolute Gasteiger partial charge is 0.462 e. The summed E-state index contributed by atoms with van der Waals surface area (Å²) in [6, 6.07) is 0. The summed E-state index contributed by atoms with van der Waals surface area (Å²) >= 11 is 0. The molecule has 15 nitrogen and oxygen atoms in total. The van der Waals surface area contributed by atoms with Crippen LogP contribution < -0.4 is 0 Å². The van der Waals surface area contributed by atoms with Gasteiger partial charge < -0.3 is 39.5 Å². The van der Waals surface area contributed by atoms with Crippen LogP contribution in [0, 0.1) is 0 Å². The van der Waals surface area contributed by atoms with E-state index in [-0.39, 0.29) is 19.3 Å². The van der Waals surface area contributed by atoms with Crippen LogP contribution in [-0.2, 0) is 41.8 Å². The molecule has 344 valence electrons. The molecule has 0 radical (unpaired) electrons. The molecule has 0 saturated heterocycles. The van der Waals surface area contributed by atoms with Gasteiger partial charge in [-0.15, -0.1) is 0 Å². The Hall–Kier alpha value is -2.00. The van der Waals surface area contributed by atoms with E-state index in [4.69, 9.17) is 23.8 Å². The molecule has 59 heavy (non-hydrogen) atoms. The van der Waals surface area contributed by atoms with Gasteiger partial charge in [0.25, 0.3) is 0 Å². The van der Waals surface area contributed by atoms with E-state index < -0.39 is 78.4 Å². The van der Waals surface area contributed by atoms with Crippen LogP contribution in [0.2, 0.25) is 0 Å². The number of esters is 2. The number of carbonyl (C=O) groups is 2. The molecule has 0 aromatic carbocycles. The minimum Gasteiger partial charge on any atom is -0.462 e. The number of carbonyl (C=O) groups excluding carboxylic acids is 2. The Morgan fingerprint density at radius 1 is 0.542 bits per heavy atom. The number of aliphatic hydroxyl groups is 3. The van der Waals surface area contributed by atoms with Crippen molar-refractivity contribution in [2.24, 2.45) is 0 Å². The summed E-state index contributed by atoms with van der Waals surface area (Å²) in [6.45, 7) is 1.40. The number of hydrogen-bond acceptors (Lipinski definition) is 12. The molecule has 6 N–H and O–H groups in total. The predicted octanol–water partition coefficient (Wildman–Crippen LogP) is 8.61. The van der Waals surface area contributed by atoms with Gasteiger partial charge in [-0.1, -0.05) is 159 Å². The molecule has 0 aromatic heterocycles. The summed E-state index contributed by atoms with van der Waals surface area (Å²) in [5.41, 5.74) is 0. The summed E-state index contributed by atoms with van der Waals surface area (Å²) in [4.78, 5) is 52.6. The maximum absolute atomic E-state index is 12.6. The Balaban J connectivity index is 4.74. The van der Waals surface area contributed by atoms with Crippen LogP contribution >= 0.6 is 15.6 Å². The highest BCUT2D eigenvalue weighted by molar-refractivity contribution is 7.47. The maximum atomic E-state index is 12.6. The molecule has 0 rings (SSSR count). The molecule has 0 heterocycles. The van der Waals surface area contributed by atoms with E-state index in [0.717, 1.165) is 51.4 Å². The van der Waals surface area contributed by atoms with Crippen LogP contribution in [0.4, 0.5) is 0 Å². The third-order valence-electron chi connectivity index (χ3n) is 8.92. The summed E-state index contributed by atoms with van der Waals surface area (Å²) in [7, 11) is -9.74. The molecular weight excluding hydrogens is 806 g/mol. The number of phosphoric acid groups is 2. The summed E-state index contributed by atoms with van der Waals surface area (Å²) in [5, 5.41) is 29.9. The normalized spacial score (nSPS) is 15.6. The first-order valence-electron chi connectivity index (χ1n) is 21.5. The van der Waals surface area contributed by atoms with Crippen molar-refractivity contribution in [2.75, 3.05) is 26.4 Å². The molecule has 5 atom stereocenters. The molecule has 0 aliphatic heterocycles. The molecular formula is C42H76O15P2. The van der Waals surface area contributed by atoms with Crippen LogP contribution in [0.25, 0.3) is 0 Å². The van der Waals surface area contributed by atoms with E-state index in [1.54, 1.807) is 24.3 Å². The third-order valence-corrected chi connectivity index (χ3v) is 10.4. The molecule has 1 unspecified atom stereocenters. The lowest BCUT2D eigenvalue weighted by molar-refractivity contribution is -0.161. The average Bonchev–Trinajstić information content (AvgIpc) is 3.18. The zero-order valence-electron chi connectivity index (χ0n) is 35.6. The zero-order valence-corrected chi connectivity index (χ0v) is 37.4. The van der Waals surface area contributed by atoms with Gasteiger partial charge in [-0.2, -0.15) is 0 Å². The molecule has 0 spiro atoms. The van der Waals surface area contributed by atoms with Crippen LogP contribution in [0.15, 0.2) is 48.6 Å². The van der Waals surface area contributed by atoms with Crippen molar-refractivity contribution in [1.29, 1.82) is 0 Å². The molecule has 17 heteroatoms. The van der Waals surface area contributed by atoms with Crippen molar-refractivity contribution in [3.63, 3.8) is 0 Å². The first kappa shape index (κ1) is 57.0. The van der Waals surface area contributed by atoms with Gasteiger partial charge in [-0.3, -0.25) is 23.2 Å². The Kier molecular flexibility index (Phi) is 36.5. The average molecular weight is 883 g/mol. The molecule has 0 aliphatic rings. The maximum Gasteiger partial charge on any atom is 0.472 e. The van der Waals surface area contributed by atoms with Gasteiger partial charge in [0.15, 0.2) is 6.10 Å². The summed E-state index contributed by atoms with van der Waals surface area (Å²) in [6.07, 6.45) is 30.3. The van der Waals surface area contributed by atoms with E-state index in [1.807, 2.05) is 24.3 Å². The van der Waals surface area contributed by atoms with E-state index in [9.17, 15) is 38.9 Å². The Morgan fingerprint density at radius 2 is 1.00 bits per heavy atom. The number of aliphatic hydroxyl groups excluding tert-OH is 3. The van der Waals surface area contributed by atoms with Gasteiger partial charge in [-0.25, -0.2) is 9.13 Å². The van der Waals surface area contributed by atoms with Crippen molar-refractivity contribution < 1.29 is 71.8 Å². The second kappa shape index (κ2) is 37.7. The fourth-order valence-corrected chi connectivity index (χ4v) is 6.72. The molecule has 0 fully saturated rings. The highest BCUT2D eigenvalue weighted by Gasteiger charge is 2.28. The second-order valence-corrected chi connectivity index (χ2v) is 17.4. The quantitative estimate of drug-likeness (QED) is 0.0146. The number of ether oxygens (including phenoxy) is 2. The standard InChI is InChI=1S/C42H76O15P2/c1-3-5-7-8-9-10-11-12-13-14-18-21-25-31-42(47)57-40(36-56-59(51,52)55-34-39(45)33-54-58(48,49)50)35-53-41(46)32-26-30-38(44)29-24-20-17-15-16-19-23-28-37(43)27-22-6-4-2/h16-17,19-20,23-24,28-29,37-40,43-45H,3-15,18,21-22,25-27,30-36H2,1-2H3,(H,51,52)(H2,48,49,50)/b19-16-,20-17-,28-23+,29-24+/t37-,38-,39-,40+/m0/s1. The van der Waals surface area contributed by atoms with Gasteiger partial charge in [0.1, 0.15) is 12.7 Å². The van der Waals surface area contributed by atoms with Crippen molar-refractivity contribution in [2.45, 2.75) is 180 Å². The zero-order chi connectivity index (χ0) is 44.0. The van der Waals surface area contributed by atoms with Crippen LogP contribution in [0.5, 0.6) is 0 Å². The highest BCUT2D eigenvalue weighted by Crippen LogP contribution is 2.43. The Bertz CT molecular complexity index is 1270. The number of phosphoric ester groups is 2. The number of rotatable bonds is 40. The molecule has 0 bridgehead atoms. The number of unbranched alkanes of at least 4 members (excludes halogenated alkanes) is 14. The second-order valence-electron chi connectivity index (χ2n) is 14.7. The lowest BCUT2D eigenvalue weighted by Gasteiger charge is -2.20. The van der Waals surface area contributed by atoms with Crippen LogP contribution in [0.1, 0.15) is 155 Å². The van der Waals surface area contributed by atoms with E-state index in [1.165, 1.54) is 51.4 Å². The van der Waals surface area contributed by atoms with E-state index >= 15 is 0 Å². The minimum atomic E-state index is -4.89. The highest BCUT2D eigenvalue weighted by atomic mass is 31.2. The van der Waals surface area contributed by atoms with Crippen molar-refractivity contribution in [3.8, 4) is 0 Å². The number of allylic oxidation sites excluding steroid dienone is 6. The lowest BCUT2D eigenvalue weighted by Crippen LogP contribution is -2.30. The first-order valence-corrected chi connectivity index (χ1v) is 24.6. The fraction of sp³-hybridized carbons (Fsp3) is 0.762. The Morgan fingerprint density at radius 3 is 1.54 bits per heavy atom. The minimum absolute atomic E-state index is 0.0526. The summed E-state index contributed by atoms with van der Waals surface area (Å²) < 4.78 is 47.5. The van der Waals surface area contributed by atoms with Gasteiger partial charge >= 0.3 is 27.6 Å². The van der Waals surface area contributed by atoms with Crippen LogP contribution in [-0.4, -0.2) is 92.8 Å². The fourth-order valence-electron chi connectivity index (χ4n) is 5.56. The van der Waals surface area contributed by atoms with Gasteiger partial charge in [-0.05, 0) is 32.1 Å². The third kappa shape index (κ3) is 41.1. The van der Waals surface area contributed by atoms with Gasteiger partial charge in [0.05, 0.1) is 32.0 Å². The monoisotopic (exact) mass is 882 g/mol. The molecule has 0 saturated carbocycles. The van der Waals surface area contributed by atoms with Crippen molar-refractivity contribution in [1.82, 2.24) is 0 Å². The first-order chi connectivity index (χ1) is 28.2. The van der Waals surface area contributed by atoms with E-state index in [2.05, 4.69) is 22.9 Å². The molecule has 0 amide bonds. The van der Waals surface area contributed by atoms with E-state index in [0.29, 0.717) is 19.3 Å². The van der Waals surface area contributed by atoms with Crippen molar-refractivity contribution in [3.05, 3.63) is 48.6 Å².